The molecule has 23 heavy (non-hydrogen) atoms. The molecule has 1 aliphatic heterocycles. The third kappa shape index (κ3) is 4.07. The van der Waals surface area contributed by atoms with Gasteiger partial charge in [-0.15, -0.1) is 0 Å². The molecule has 0 saturated carbocycles. The highest BCUT2D eigenvalue weighted by Gasteiger charge is 2.29. The van der Waals surface area contributed by atoms with Crippen LogP contribution in [0.3, 0.4) is 0 Å². The van der Waals surface area contributed by atoms with Gasteiger partial charge in [0.05, 0.1) is 16.9 Å². The van der Waals surface area contributed by atoms with Crippen molar-refractivity contribution in [3.05, 3.63) is 50.9 Å². The summed E-state index contributed by atoms with van der Waals surface area (Å²) in [6, 6.07) is 5.02. The number of ether oxygens (including phenoxy) is 1. The average Bonchev–Trinajstić information content (AvgIpc) is 2.86. The molecule has 0 aromatic heterocycles. The van der Waals surface area contributed by atoms with Gasteiger partial charge < -0.3 is 15.4 Å². The van der Waals surface area contributed by atoms with Crippen molar-refractivity contribution in [1.82, 2.24) is 10.6 Å². The van der Waals surface area contributed by atoms with Gasteiger partial charge >= 0.3 is 5.97 Å². The van der Waals surface area contributed by atoms with Crippen LogP contribution in [0.5, 0.6) is 0 Å². The molecule has 1 atom stereocenters. The first-order chi connectivity index (χ1) is 10.9. The largest absolute Gasteiger partial charge is 0.466 e. The van der Waals surface area contributed by atoms with Crippen molar-refractivity contribution < 1.29 is 24.0 Å². The lowest BCUT2D eigenvalue weighted by molar-refractivity contribution is -0.384. The molecule has 10 heteroatoms. The number of nitro groups is 1. The van der Waals surface area contributed by atoms with Gasteiger partial charge in [-0.1, -0.05) is 11.8 Å². The summed E-state index contributed by atoms with van der Waals surface area (Å²) in [4.78, 5) is 44.9. The van der Waals surface area contributed by atoms with Crippen LogP contribution in [-0.2, 0) is 14.3 Å². The number of nitrogens with one attached hydrogen (secondary N) is 2. The second-order valence-corrected chi connectivity index (χ2v) is 5.43. The third-order valence-corrected chi connectivity index (χ3v) is 3.81. The van der Waals surface area contributed by atoms with Crippen LogP contribution in [0.2, 0.25) is 0 Å². The Morgan fingerprint density at radius 2 is 2.04 bits per heavy atom. The highest BCUT2D eigenvalue weighted by molar-refractivity contribution is 8.05. The Kier molecular flexibility index (Phi) is 4.96. The molecule has 0 aliphatic carbocycles. The highest BCUT2D eigenvalue weighted by atomic mass is 32.2. The molecule has 1 aromatic carbocycles. The molecule has 9 nitrogen and oxygen atoms in total. The van der Waals surface area contributed by atoms with Crippen LogP contribution >= 0.6 is 11.8 Å². The smallest absolute Gasteiger partial charge is 0.331 e. The van der Waals surface area contributed by atoms with Crippen LogP contribution in [0.25, 0.3) is 0 Å². The molecule has 2 amide bonds. The number of carbonyl (C=O) groups excluding carboxylic acids is 3. The molecule has 2 N–H and O–H groups in total. The standard InChI is InChI=1S/C13H11N3O6S/c1-22-10(17)6-9-12(19)15-13(23-9)14-11(18)7-2-4-8(5-3-7)16(20)21/h2-6,13H,1H3,(H,14,18)(H,15,19)/b9-6-. The number of amides is 2. The summed E-state index contributed by atoms with van der Waals surface area (Å²) < 4.78 is 4.43. The SMILES string of the molecule is COC(=O)/C=C1\SC(NC(=O)c2ccc([N+](=O)[O-])cc2)NC1=O. The Morgan fingerprint density at radius 3 is 2.61 bits per heavy atom. The van der Waals surface area contributed by atoms with Crippen molar-refractivity contribution in [2.45, 2.75) is 5.50 Å². The Morgan fingerprint density at radius 1 is 1.39 bits per heavy atom. The molecule has 1 saturated heterocycles. The van der Waals surface area contributed by atoms with Crippen molar-refractivity contribution >= 4 is 35.2 Å². The summed E-state index contributed by atoms with van der Waals surface area (Å²) in [5, 5.41) is 15.6. The second-order valence-electron chi connectivity index (χ2n) is 4.28. The van der Waals surface area contributed by atoms with E-state index in [1.165, 1.54) is 31.4 Å². The van der Waals surface area contributed by atoms with Crippen LogP contribution in [0.4, 0.5) is 5.69 Å². The fourth-order valence-electron chi connectivity index (χ4n) is 1.67. The van der Waals surface area contributed by atoms with Gasteiger partial charge in [0.15, 0.2) is 5.50 Å². The zero-order chi connectivity index (χ0) is 17.0. The number of nitro benzene ring substituents is 1. The number of methoxy groups -OCH3 is 1. The lowest BCUT2D eigenvalue weighted by atomic mass is 10.2. The summed E-state index contributed by atoms with van der Waals surface area (Å²) in [6.07, 6.45) is 1.03. The lowest BCUT2D eigenvalue weighted by Crippen LogP contribution is -2.41. The van der Waals surface area contributed by atoms with E-state index in [-0.39, 0.29) is 16.2 Å². The van der Waals surface area contributed by atoms with Gasteiger partial charge in [0.2, 0.25) is 0 Å². The van der Waals surface area contributed by atoms with Gasteiger partial charge in [0.1, 0.15) is 0 Å². The third-order valence-electron chi connectivity index (χ3n) is 2.78. The van der Waals surface area contributed by atoms with Gasteiger partial charge in [-0.05, 0) is 12.1 Å². The number of nitrogens with zero attached hydrogens (tertiary/aromatic N) is 1. The van der Waals surface area contributed by atoms with E-state index >= 15 is 0 Å². The summed E-state index contributed by atoms with van der Waals surface area (Å²) in [5.41, 5.74) is -0.676. The van der Waals surface area contributed by atoms with Crippen LogP contribution in [0.1, 0.15) is 10.4 Å². The van der Waals surface area contributed by atoms with Crippen LogP contribution in [0.15, 0.2) is 35.2 Å². The number of hydrogen-bond acceptors (Lipinski definition) is 7. The molecule has 0 radical (unpaired) electrons. The minimum absolute atomic E-state index is 0.117. The van der Waals surface area contributed by atoms with Crippen LogP contribution in [0, 0.1) is 10.1 Å². The zero-order valence-corrected chi connectivity index (χ0v) is 12.6. The average molecular weight is 337 g/mol. The molecule has 1 heterocycles. The lowest BCUT2D eigenvalue weighted by Gasteiger charge is -2.10. The topological polar surface area (TPSA) is 128 Å². The van der Waals surface area contributed by atoms with E-state index < -0.39 is 28.2 Å². The predicted octanol–water partition coefficient (Wildman–Crippen LogP) is 0.528. The van der Waals surface area contributed by atoms with Gasteiger partial charge in [-0.3, -0.25) is 19.7 Å². The summed E-state index contributed by atoms with van der Waals surface area (Å²) in [6.45, 7) is 0. The first-order valence-corrected chi connectivity index (χ1v) is 7.11. The quantitative estimate of drug-likeness (QED) is 0.355. The van der Waals surface area contributed by atoms with Crippen LogP contribution < -0.4 is 10.6 Å². The van der Waals surface area contributed by atoms with E-state index in [4.69, 9.17) is 0 Å². The zero-order valence-electron chi connectivity index (χ0n) is 11.8. The number of hydrogen-bond donors (Lipinski definition) is 2. The Hall–Kier alpha value is -2.88. The molecule has 0 bridgehead atoms. The maximum absolute atomic E-state index is 12.0. The van der Waals surface area contributed by atoms with E-state index in [0.29, 0.717) is 0 Å². The van der Waals surface area contributed by atoms with E-state index in [1.54, 1.807) is 0 Å². The van der Waals surface area contributed by atoms with Crippen molar-refractivity contribution in [2.24, 2.45) is 0 Å². The van der Waals surface area contributed by atoms with Crippen LogP contribution in [-0.4, -0.2) is 35.3 Å². The molecule has 1 aliphatic rings. The molecule has 1 aromatic rings. The number of esters is 1. The Bertz CT molecular complexity index is 700. The Balaban J connectivity index is 2.01. The predicted molar refractivity (Wildman–Crippen MR) is 80.2 cm³/mol. The minimum Gasteiger partial charge on any atom is -0.466 e. The summed E-state index contributed by atoms with van der Waals surface area (Å²) >= 11 is 0.953. The maximum atomic E-state index is 12.0. The molecule has 1 unspecified atom stereocenters. The summed E-state index contributed by atoms with van der Waals surface area (Å²) in [7, 11) is 1.19. The van der Waals surface area contributed by atoms with Crippen molar-refractivity contribution in [1.29, 1.82) is 0 Å². The van der Waals surface area contributed by atoms with Crippen molar-refractivity contribution in [3.63, 3.8) is 0 Å². The van der Waals surface area contributed by atoms with E-state index in [2.05, 4.69) is 15.4 Å². The Labute approximate surface area is 134 Å². The monoisotopic (exact) mass is 337 g/mol. The fraction of sp³-hybridized carbons (Fsp3) is 0.154. The second kappa shape index (κ2) is 6.92. The van der Waals surface area contributed by atoms with E-state index in [9.17, 15) is 24.5 Å². The first kappa shape index (κ1) is 16.5. The maximum Gasteiger partial charge on any atom is 0.331 e. The van der Waals surface area contributed by atoms with Crippen molar-refractivity contribution in [3.8, 4) is 0 Å². The number of benzene rings is 1. The number of rotatable bonds is 4. The van der Waals surface area contributed by atoms with E-state index in [0.717, 1.165) is 17.8 Å². The molecule has 2 rings (SSSR count). The van der Waals surface area contributed by atoms with Crippen molar-refractivity contribution in [2.75, 3.05) is 7.11 Å². The normalized spacial score (nSPS) is 18.4. The highest BCUT2D eigenvalue weighted by Crippen LogP contribution is 2.26. The number of non-ortho nitro benzene ring substituents is 1. The fourth-order valence-corrected chi connectivity index (χ4v) is 2.58. The molecular weight excluding hydrogens is 326 g/mol. The number of carbonyl (C=O) groups is 3. The minimum atomic E-state index is -0.749. The van der Waals surface area contributed by atoms with Gasteiger partial charge in [0.25, 0.3) is 17.5 Å². The molecule has 1 fully saturated rings. The molecule has 120 valence electrons. The summed E-state index contributed by atoms with van der Waals surface area (Å²) in [5.74, 6) is -1.70. The molecule has 0 spiro atoms. The van der Waals surface area contributed by atoms with Gasteiger partial charge in [-0.2, -0.15) is 0 Å². The first-order valence-electron chi connectivity index (χ1n) is 6.23. The molecular formula is C13H11N3O6S. The van der Waals surface area contributed by atoms with Gasteiger partial charge in [-0.25, -0.2) is 4.79 Å². The number of thioether (sulfide) groups is 1. The van der Waals surface area contributed by atoms with E-state index in [1.807, 2.05) is 0 Å². The van der Waals surface area contributed by atoms with Gasteiger partial charge in [0, 0.05) is 23.8 Å².